The van der Waals surface area contributed by atoms with Crippen LogP contribution in [0.25, 0.3) is 11.5 Å². The van der Waals surface area contributed by atoms with Gasteiger partial charge in [-0.25, -0.2) is 0 Å². The Morgan fingerprint density at radius 2 is 2.10 bits per heavy atom. The Kier molecular flexibility index (Phi) is 4.37. The average Bonchev–Trinajstić information content (AvgIpc) is 2.92. The number of nitrogens with one attached hydrogen (secondary N) is 2. The first-order chi connectivity index (χ1) is 9.85. The van der Waals surface area contributed by atoms with Crippen LogP contribution in [0, 0.1) is 6.92 Å². The highest BCUT2D eigenvalue weighted by atomic mass is 16.4. The van der Waals surface area contributed by atoms with Crippen molar-refractivity contribution in [3.05, 3.63) is 30.2 Å². The summed E-state index contributed by atoms with van der Waals surface area (Å²) in [5.41, 5.74) is 2.39. The van der Waals surface area contributed by atoms with Gasteiger partial charge >= 0.3 is 0 Å². The fourth-order valence-electron chi connectivity index (χ4n) is 1.73. The fourth-order valence-corrected chi connectivity index (χ4v) is 1.73. The van der Waals surface area contributed by atoms with E-state index < -0.39 is 0 Å². The van der Waals surface area contributed by atoms with Gasteiger partial charge in [-0.3, -0.25) is 4.79 Å². The van der Waals surface area contributed by atoms with Crippen molar-refractivity contribution in [2.24, 2.45) is 0 Å². The number of carbonyl (C=O) groups excluding carboxylic acids is 1. The summed E-state index contributed by atoms with van der Waals surface area (Å²) in [6.45, 7) is 8.24. The number of amides is 1. The van der Waals surface area contributed by atoms with Crippen LogP contribution in [0.15, 0.2) is 29.0 Å². The number of benzene rings is 1. The summed E-state index contributed by atoms with van der Waals surface area (Å²) in [6, 6.07) is 5.62. The average molecular weight is 288 g/mol. The second-order valence-corrected chi connectivity index (χ2v) is 5.93. The molecule has 0 aliphatic heterocycles. The van der Waals surface area contributed by atoms with Crippen molar-refractivity contribution >= 4 is 11.6 Å². The van der Waals surface area contributed by atoms with Crippen molar-refractivity contribution in [3.8, 4) is 11.5 Å². The zero-order chi connectivity index (χ0) is 15.5. The van der Waals surface area contributed by atoms with Crippen LogP contribution in [0.3, 0.4) is 0 Å². The Morgan fingerprint density at radius 1 is 1.33 bits per heavy atom. The largest absolute Gasteiger partial charge is 0.423 e. The predicted molar refractivity (Wildman–Crippen MR) is 80.9 cm³/mol. The number of carbonyl (C=O) groups is 1. The number of hydrogen-bond acceptors (Lipinski definition) is 5. The predicted octanol–water partition coefficient (Wildman–Crippen LogP) is 2.37. The number of rotatable bonds is 4. The van der Waals surface area contributed by atoms with Gasteiger partial charge in [0, 0.05) is 16.8 Å². The highest BCUT2D eigenvalue weighted by molar-refractivity contribution is 5.93. The van der Waals surface area contributed by atoms with Crippen LogP contribution in [-0.2, 0) is 4.79 Å². The standard InChI is InChI=1S/C15H20N4O2/c1-10-5-6-11(14-19-17-9-21-14)7-12(10)18-13(20)8-16-15(2,3)4/h5-7,9,16H,8H2,1-4H3,(H,18,20). The van der Waals surface area contributed by atoms with Crippen molar-refractivity contribution in [1.82, 2.24) is 15.5 Å². The molecule has 0 atom stereocenters. The zero-order valence-electron chi connectivity index (χ0n) is 12.7. The fraction of sp³-hybridized carbons (Fsp3) is 0.400. The first kappa shape index (κ1) is 15.2. The second kappa shape index (κ2) is 6.05. The monoisotopic (exact) mass is 288 g/mol. The van der Waals surface area contributed by atoms with E-state index in [0.29, 0.717) is 5.89 Å². The van der Waals surface area contributed by atoms with Gasteiger partial charge in [-0.15, -0.1) is 10.2 Å². The summed E-state index contributed by atoms with van der Waals surface area (Å²) < 4.78 is 5.16. The van der Waals surface area contributed by atoms with Crippen molar-refractivity contribution in [2.45, 2.75) is 33.2 Å². The summed E-state index contributed by atoms with van der Waals surface area (Å²) in [6.07, 6.45) is 1.28. The lowest BCUT2D eigenvalue weighted by Crippen LogP contribution is -2.41. The topological polar surface area (TPSA) is 80.1 Å². The van der Waals surface area contributed by atoms with E-state index in [9.17, 15) is 4.79 Å². The summed E-state index contributed by atoms with van der Waals surface area (Å²) in [5.74, 6) is 0.342. The molecule has 6 heteroatoms. The van der Waals surface area contributed by atoms with Crippen molar-refractivity contribution < 1.29 is 9.21 Å². The Labute approximate surface area is 124 Å². The molecule has 2 aromatic rings. The number of hydrogen-bond donors (Lipinski definition) is 2. The molecule has 0 bridgehead atoms. The van der Waals surface area contributed by atoms with E-state index in [1.54, 1.807) is 0 Å². The molecule has 0 aliphatic carbocycles. The molecule has 1 heterocycles. The number of anilines is 1. The third-order valence-corrected chi connectivity index (χ3v) is 2.90. The smallest absolute Gasteiger partial charge is 0.247 e. The molecule has 112 valence electrons. The molecule has 2 N–H and O–H groups in total. The molecule has 1 amide bonds. The van der Waals surface area contributed by atoms with Crippen molar-refractivity contribution in [3.63, 3.8) is 0 Å². The molecule has 2 rings (SSSR count). The van der Waals surface area contributed by atoms with Gasteiger partial charge in [0.15, 0.2) is 0 Å². The van der Waals surface area contributed by atoms with Gasteiger partial charge in [0.1, 0.15) is 0 Å². The molecule has 1 aromatic carbocycles. The minimum absolute atomic E-state index is 0.0873. The van der Waals surface area contributed by atoms with Crippen molar-refractivity contribution in [1.29, 1.82) is 0 Å². The first-order valence-electron chi connectivity index (χ1n) is 6.77. The quantitative estimate of drug-likeness (QED) is 0.903. The lowest BCUT2D eigenvalue weighted by molar-refractivity contribution is -0.115. The maximum Gasteiger partial charge on any atom is 0.247 e. The molecule has 0 aliphatic rings. The lowest BCUT2D eigenvalue weighted by atomic mass is 10.1. The van der Waals surface area contributed by atoms with Crippen LogP contribution in [0.1, 0.15) is 26.3 Å². The van der Waals surface area contributed by atoms with Gasteiger partial charge in [-0.1, -0.05) is 6.07 Å². The molecular formula is C15H20N4O2. The van der Waals surface area contributed by atoms with Crippen LogP contribution in [0.4, 0.5) is 5.69 Å². The van der Waals surface area contributed by atoms with Gasteiger partial charge in [0.2, 0.25) is 18.2 Å². The summed E-state index contributed by atoms with van der Waals surface area (Å²) >= 11 is 0. The van der Waals surface area contributed by atoms with Crippen LogP contribution in [-0.4, -0.2) is 28.2 Å². The number of aryl methyl sites for hydroxylation is 1. The summed E-state index contributed by atoms with van der Waals surface area (Å²) in [5, 5.41) is 13.6. The van der Waals surface area contributed by atoms with E-state index in [1.165, 1.54) is 6.39 Å². The minimum Gasteiger partial charge on any atom is -0.423 e. The summed E-state index contributed by atoms with van der Waals surface area (Å²) in [7, 11) is 0. The first-order valence-corrected chi connectivity index (χ1v) is 6.77. The molecule has 6 nitrogen and oxygen atoms in total. The second-order valence-electron chi connectivity index (χ2n) is 5.93. The normalized spacial score (nSPS) is 11.4. The SMILES string of the molecule is Cc1ccc(-c2nnco2)cc1NC(=O)CNC(C)(C)C. The Bertz CT molecular complexity index is 615. The Balaban J connectivity index is 2.09. The maximum absolute atomic E-state index is 12.0. The third kappa shape index (κ3) is 4.39. The minimum atomic E-state index is -0.0992. The van der Waals surface area contributed by atoms with E-state index in [2.05, 4.69) is 20.8 Å². The van der Waals surface area contributed by atoms with Gasteiger partial charge in [0.25, 0.3) is 0 Å². The molecule has 0 fully saturated rings. The molecule has 0 saturated carbocycles. The van der Waals surface area contributed by atoms with E-state index in [4.69, 9.17) is 4.42 Å². The highest BCUT2D eigenvalue weighted by Gasteiger charge is 2.13. The van der Waals surface area contributed by atoms with E-state index in [0.717, 1.165) is 16.8 Å². The number of nitrogens with zero attached hydrogens (tertiary/aromatic N) is 2. The van der Waals surface area contributed by atoms with E-state index in [-0.39, 0.29) is 18.0 Å². The molecule has 21 heavy (non-hydrogen) atoms. The van der Waals surface area contributed by atoms with E-state index >= 15 is 0 Å². The summed E-state index contributed by atoms with van der Waals surface area (Å²) in [4.78, 5) is 12.0. The number of aromatic nitrogens is 2. The van der Waals surface area contributed by atoms with Gasteiger partial charge in [-0.2, -0.15) is 0 Å². The molecule has 0 saturated heterocycles. The van der Waals surface area contributed by atoms with Crippen molar-refractivity contribution in [2.75, 3.05) is 11.9 Å². The lowest BCUT2D eigenvalue weighted by Gasteiger charge is -2.20. The third-order valence-electron chi connectivity index (χ3n) is 2.90. The maximum atomic E-state index is 12.0. The Hall–Kier alpha value is -2.21. The molecule has 1 aromatic heterocycles. The van der Waals surface area contributed by atoms with Gasteiger partial charge in [-0.05, 0) is 45.4 Å². The molecule has 0 radical (unpaired) electrons. The van der Waals surface area contributed by atoms with Gasteiger partial charge < -0.3 is 15.1 Å². The zero-order valence-corrected chi connectivity index (χ0v) is 12.7. The molecular weight excluding hydrogens is 268 g/mol. The van der Waals surface area contributed by atoms with Crippen LogP contribution in [0.5, 0.6) is 0 Å². The van der Waals surface area contributed by atoms with Gasteiger partial charge in [0.05, 0.1) is 6.54 Å². The van der Waals surface area contributed by atoms with Crippen LogP contribution < -0.4 is 10.6 Å². The van der Waals surface area contributed by atoms with Crippen LogP contribution >= 0.6 is 0 Å². The Morgan fingerprint density at radius 3 is 2.71 bits per heavy atom. The highest BCUT2D eigenvalue weighted by Crippen LogP contribution is 2.23. The molecule has 0 unspecified atom stereocenters. The van der Waals surface area contributed by atoms with Crippen LogP contribution in [0.2, 0.25) is 0 Å². The molecule has 0 spiro atoms. The van der Waals surface area contributed by atoms with E-state index in [1.807, 2.05) is 45.9 Å².